The third kappa shape index (κ3) is 3.23. The molecule has 2 aromatic carbocycles. The standard InChI is InChI=1S/C14H11ClFNO2/c15-12-7-10(16)5-6-11(12)14(19)17-8-9-3-1-2-4-13(9)18/h1-7,18H,8H2,(H,17,19). The molecule has 0 aliphatic carbocycles. The number of phenolic OH excluding ortho intramolecular Hbond substituents is 1. The summed E-state index contributed by atoms with van der Waals surface area (Å²) in [5.74, 6) is -0.816. The van der Waals surface area contributed by atoms with Gasteiger partial charge in [-0.1, -0.05) is 29.8 Å². The number of phenols is 1. The number of carbonyl (C=O) groups is 1. The van der Waals surface area contributed by atoms with Crippen LogP contribution in [0.15, 0.2) is 42.5 Å². The van der Waals surface area contributed by atoms with E-state index >= 15 is 0 Å². The van der Waals surface area contributed by atoms with Crippen molar-refractivity contribution in [2.24, 2.45) is 0 Å². The van der Waals surface area contributed by atoms with Crippen molar-refractivity contribution in [1.82, 2.24) is 5.32 Å². The van der Waals surface area contributed by atoms with Gasteiger partial charge in [-0.15, -0.1) is 0 Å². The minimum Gasteiger partial charge on any atom is -0.508 e. The molecule has 2 aromatic rings. The van der Waals surface area contributed by atoms with Gasteiger partial charge in [0.15, 0.2) is 0 Å². The van der Waals surface area contributed by atoms with E-state index in [4.69, 9.17) is 11.6 Å². The van der Waals surface area contributed by atoms with Crippen molar-refractivity contribution < 1.29 is 14.3 Å². The first-order valence-electron chi connectivity index (χ1n) is 5.58. The third-order valence-electron chi connectivity index (χ3n) is 2.61. The molecule has 5 heteroatoms. The van der Waals surface area contributed by atoms with Crippen LogP contribution in [0.1, 0.15) is 15.9 Å². The summed E-state index contributed by atoms with van der Waals surface area (Å²) in [5.41, 5.74) is 0.785. The Balaban J connectivity index is 2.08. The largest absolute Gasteiger partial charge is 0.508 e. The van der Waals surface area contributed by atoms with Gasteiger partial charge in [-0.25, -0.2) is 4.39 Å². The molecular formula is C14H11ClFNO2. The molecule has 0 saturated carbocycles. The van der Waals surface area contributed by atoms with E-state index in [1.807, 2.05) is 0 Å². The molecule has 0 aromatic heterocycles. The Morgan fingerprint density at radius 1 is 1.26 bits per heavy atom. The van der Waals surface area contributed by atoms with Crippen molar-refractivity contribution in [3.63, 3.8) is 0 Å². The van der Waals surface area contributed by atoms with E-state index in [0.29, 0.717) is 5.56 Å². The topological polar surface area (TPSA) is 49.3 Å². The molecule has 0 spiro atoms. The third-order valence-corrected chi connectivity index (χ3v) is 2.92. The zero-order valence-electron chi connectivity index (χ0n) is 9.86. The summed E-state index contributed by atoms with van der Waals surface area (Å²) >= 11 is 5.79. The normalized spacial score (nSPS) is 10.2. The molecule has 19 heavy (non-hydrogen) atoms. The van der Waals surface area contributed by atoms with Gasteiger partial charge < -0.3 is 10.4 Å². The average molecular weight is 280 g/mol. The quantitative estimate of drug-likeness (QED) is 0.907. The lowest BCUT2D eigenvalue weighted by Crippen LogP contribution is -2.23. The van der Waals surface area contributed by atoms with Crippen LogP contribution in [0.25, 0.3) is 0 Å². The second-order valence-corrected chi connectivity index (χ2v) is 4.34. The van der Waals surface area contributed by atoms with E-state index in [1.165, 1.54) is 18.2 Å². The van der Waals surface area contributed by atoms with Crippen LogP contribution in [0.4, 0.5) is 4.39 Å². The first-order chi connectivity index (χ1) is 9.08. The Bertz CT molecular complexity index is 616. The molecule has 2 rings (SSSR count). The molecule has 0 heterocycles. The highest BCUT2D eigenvalue weighted by Crippen LogP contribution is 2.18. The summed E-state index contributed by atoms with van der Waals surface area (Å²) in [6.45, 7) is 0.166. The van der Waals surface area contributed by atoms with E-state index in [2.05, 4.69) is 5.32 Å². The predicted molar refractivity (Wildman–Crippen MR) is 70.7 cm³/mol. The second kappa shape index (κ2) is 5.71. The summed E-state index contributed by atoms with van der Waals surface area (Å²) in [7, 11) is 0. The Hall–Kier alpha value is -2.07. The number of halogens is 2. The summed E-state index contributed by atoms with van der Waals surface area (Å²) < 4.78 is 12.9. The first-order valence-corrected chi connectivity index (χ1v) is 5.96. The van der Waals surface area contributed by atoms with Gasteiger partial charge in [0.05, 0.1) is 10.6 Å². The van der Waals surface area contributed by atoms with Crippen molar-refractivity contribution in [1.29, 1.82) is 0 Å². The van der Waals surface area contributed by atoms with Crippen molar-refractivity contribution >= 4 is 17.5 Å². The molecule has 2 N–H and O–H groups in total. The van der Waals surface area contributed by atoms with Crippen molar-refractivity contribution in [3.8, 4) is 5.75 Å². The molecule has 0 atom stereocenters. The van der Waals surface area contributed by atoms with Crippen LogP contribution in [0, 0.1) is 5.82 Å². The molecule has 0 unspecified atom stereocenters. The molecule has 0 aliphatic heterocycles. The Morgan fingerprint density at radius 3 is 2.68 bits per heavy atom. The average Bonchev–Trinajstić information content (AvgIpc) is 2.37. The van der Waals surface area contributed by atoms with Crippen LogP contribution in [0.2, 0.25) is 5.02 Å². The number of nitrogens with one attached hydrogen (secondary N) is 1. The minimum atomic E-state index is -0.498. The molecule has 0 aliphatic rings. The first kappa shape index (κ1) is 13.4. The van der Waals surface area contributed by atoms with Gasteiger partial charge in [-0.3, -0.25) is 4.79 Å². The number of hydrogen-bond donors (Lipinski definition) is 2. The van der Waals surface area contributed by atoms with Gasteiger partial charge in [0.2, 0.25) is 0 Å². The molecule has 3 nitrogen and oxygen atoms in total. The van der Waals surface area contributed by atoms with Gasteiger partial charge >= 0.3 is 0 Å². The zero-order chi connectivity index (χ0) is 13.8. The van der Waals surface area contributed by atoms with Crippen LogP contribution >= 0.6 is 11.6 Å². The number of benzene rings is 2. The Morgan fingerprint density at radius 2 is 2.00 bits per heavy atom. The lowest BCUT2D eigenvalue weighted by Gasteiger charge is -2.08. The number of aromatic hydroxyl groups is 1. The smallest absolute Gasteiger partial charge is 0.253 e. The van der Waals surface area contributed by atoms with E-state index in [0.717, 1.165) is 6.07 Å². The fourth-order valence-corrected chi connectivity index (χ4v) is 1.86. The van der Waals surface area contributed by atoms with Crippen molar-refractivity contribution in [2.75, 3.05) is 0 Å². The zero-order valence-corrected chi connectivity index (χ0v) is 10.6. The summed E-state index contributed by atoms with van der Waals surface area (Å²) in [5, 5.41) is 12.2. The molecule has 0 fully saturated rings. The highest BCUT2D eigenvalue weighted by Gasteiger charge is 2.11. The minimum absolute atomic E-state index is 0.0507. The van der Waals surface area contributed by atoms with Gasteiger partial charge in [0.1, 0.15) is 11.6 Å². The highest BCUT2D eigenvalue weighted by atomic mass is 35.5. The number of carbonyl (C=O) groups excluding carboxylic acids is 1. The van der Waals surface area contributed by atoms with Gasteiger partial charge in [-0.05, 0) is 24.3 Å². The maximum absolute atomic E-state index is 12.9. The second-order valence-electron chi connectivity index (χ2n) is 3.94. The summed E-state index contributed by atoms with van der Waals surface area (Å²) in [4.78, 5) is 11.9. The van der Waals surface area contributed by atoms with Crippen LogP contribution in [0.5, 0.6) is 5.75 Å². The van der Waals surface area contributed by atoms with E-state index in [1.54, 1.807) is 18.2 Å². The van der Waals surface area contributed by atoms with Crippen LogP contribution in [-0.4, -0.2) is 11.0 Å². The Labute approximate surface area is 114 Å². The summed E-state index contributed by atoms with van der Waals surface area (Å²) in [6.07, 6.45) is 0. The lowest BCUT2D eigenvalue weighted by atomic mass is 10.1. The number of para-hydroxylation sites is 1. The summed E-state index contributed by atoms with van der Waals surface area (Å²) in [6, 6.07) is 10.2. The SMILES string of the molecule is O=C(NCc1ccccc1O)c1ccc(F)cc1Cl. The highest BCUT2D eigenvalue weighted by molar-refractivity contribution is 6.33. The molecule has 0 saturated heterocycles. The van der Waals surface area contributed by atoms with Crippen LogP contribution in [-0.2, 0) is 6.54 Å². The van der Waals surface area contributed by atoms with E-state index in [9.17, 15) is 14.3 Å². The predicted octanol–water partition coefficient (Wildman–Crippen LogP) is 3.11. The fraction of sp³-hybridized carbons (Fsp3) is 0.0714. The number of rotatable bonds is 3. The monoisotopic (exact) mass is 279 g/mol. The maximum atomic E-state index is 12.9. The Kier molecular flexibility index (Phi) is 4.02. The van der Waals surface area contributed by atoms with Crippen LogP contribution < -0.4 is 5.32 Å². The number of amides is 1. The van der Waals surface area contributed by atoms with Crippen LogP contribution in [0.3, 0.4) is 0 Å². The maximum Gasteiger partial charge on any atom is 0.253 e. The molecule has 0 bridgehead atoms. The van der Waals surface area contributed by atoms with E-state index < -0.39 is 11.7 Å². The van der Waals surface area contributed by atoms with Gasteiger partial charge in [-0.2, -0.15) is 0 Å². The lowest BCUT2D eigenvalue weighted by molar-refractivity contribution is 0.0951. The molecule has 0 radical (unpaired) electrons. The van der Waals surface area contributed by atoms with Crippen molar-refractivity contribution in [3.05, 3.63) is 64.4 Å². The number of hydrogen-bond acceptors (Lipinski definition) is 2. The van der Waals surface area contributed by atoms with Gasteiger partial charge in [0, 0.05) is 12.1 Å². The van der Waals surface area contributed by atoms with Crippen molar-refractivity contribution in [2.45, 2.75) is 6.54 Å². The molecule has 98 valence electrons. The van der Waals surface area contributed by atoms with E-state index in [-0.39, 0.29) is 22.9 Å². The molecular weight excluding hydrogens is 269 g/mol. The molecule has 1 amide bonds. The fourth-order valence-electron chi connectivity index (χ4n) is 1.60. The van der Waals surface area contributed by atoms with Gasteiger partial charge in [0.25, 0.3) is 5.91 Å².